The van der Waals surface area contributed by atoms with Crippen molar-refractivity contribution in [3.8, 4) is 45.0 Å². The lowest BCUT2D eigenvalue weighted by Crippen LogP contribution is -2.01. The quantitative estimate of drug-likeness (QED) is 0.166. The molecule has 0 spiro atoms. The Morgan fingerprint density at radius 1 is 0.500 bits per heavy atom. The van der Waals surface area contributed by atoms with Crippen molar-refractivity contribution >= 4 is 27.4 Å². The molecule has 4 nitrogen and oxygen atoms in total. The summed E-state index contributed by atoms with van der Waals surface area (Å²) in [6, 6.07) is 51.0. The molecule has 0 aliphatic heterocycles. The van der Waals surface area contributed by atoms with E-state index in [0.717, 1.165) is 73.3 Å². The van der Waals surface area contributed by atoms with Gasteiger partial charge in [0, 0.05) is 39.1 Å². The van der Waals surface area contributed by atoms with Crippen LogP contribution < -0.4 is 0 Å². The minimum absolute atomic E-state index is 0.235. The second-order valence-corrected chi connectivity index (χ2v) is 13.6. The van der Waals surface area contributed by atoms with E-state index in [-0.39, 0.29) is 5.92 Å². The Balaban J connectivity index is 1.02. The molecule has 0 radical (unpaired) electrons. The van der Waals surface area contributed by atoms with Gasteiger partial charge in [-0.25, -0.2) is 15.0 Å². The number of allylic oxidation sites excluding steroid dienone is 4. The third-order valence-electron chi connectivity index (χ3n) is 10.0. The fourth-order valence-electron chi connectivity index (χ4n) is 7.28. The summed E-state index contributed by atoms with van der Waals surface area (Å²) >= 11 is 0. The molecule has 5 aromatic carbocycles. The topological polar surface area (TPSA) is 51.6 Å². The van der Waals surface area contributed by atoms with Crippen LogP contribution in [0.25, 0.3) is 72.4 Å². The van der Waals surface area contributed by atoms with E-state index in [9.17, 15) is 0 Å². The molecule has 1 aliphatic carbocycles. The first-order valence-electron chi connectivity index (χ1n) is 17.8. The molecule has 3 heterocycles. The van der Waals surface area contributed by atoms with Crippen LogP contribution in [0.5, 0.6) is 0 Å². The third-order valence-corrected chi connectivity index (χ3v) is 10.0. The van der Waals surface area contributed by atoms with Crippen molar-refractivity contribution in [3.63, 3.8) is 0 Å². The number of aromatic nitrogens is 4. The predicted octanol–water partition coefficient (Wildman–Crippen LogP) is 12.0. The molecule has 52 heavy (non-hydrogen) atoms. The lowest BCUT2D eigenvalue weighted by Gasteiger charge is -2.18. The maximum Gasteiger partial charge on any atom is 0.160 e. The number of fused-ring (bicyclic) bond motifs is 3. The molecule has 8 aromatic rings. The molecular weight excluding hydrogens is 633 g/mol. The number of aryl methyl sites for hydroxylation is 2. The van der Waals surface area contributed by atoms with Crippen molar-refractivity contribution in [1.82, 2.24) is 19.9 Å². The van der Waals surface area contributed by atoms with Crippen molar-refractivity contribution < 1.29 is 0 Å². The smallest absolute Gasteiger partial charge is 0.160 e. The Bertz CT molecular complexity index is 2660. The van der Waals surface area contributed by atoms with Crippen molar-refractivity contribution in [2.75, 3.05) is 0 Å². The zero-order valence-electron chi connectivity index (χ0n) is 29.2. The fraction of sp³-hybridized carbons (Fsp3) is 0.0833. The van der Waals surface area contributed by atoms with E-state index in [1.54, 1.807) is 0 Å². The summed E-state index contributed by atoms with van der Waals surface area (Å²) in [6.07, 6.45) is 7.71. The number of rotatable bonds is 6. The van der Waals surface area contributed by atoms with Gasteiger partial charge in [0.05, 0.1) is 28.1 Å². The van der Waals surface area contributed by atoms with E-state index in [1.807, 2.05) is 19.1 Å². The lowest BCUT2D eigenvalue weighted by molar-refractivity contribution is 0.856. The van der Waals surface area contributed by atoms with E-state index in [4.69, 9.17) is 19.9 Å². The van der Waals surface area contributed by atoms with Gasteiger partial charge in [0.1, 0.15) is 0 Å². The molecular formula is C48H36N4. The molecule has 1 atom stereocenters. The van der Waals surface area contributed by atoms with Gasteiger partial charge in [-0.3, -0.25) is 4.98 Å². The zero-order valence-corrected chi connectivity index (χ0v) is 29.2. The van der Waals surface area contributed by atoms with Crippen molar-refractivity contribution in [2.24, 2.45) is 0 Å². The normalized spacial score (nSPS) is 14.1. The molecule has 3 aromatic heterocycles. The summed E-state index contributed by atoms with van der Waals surface area (Å²) in [4.78, 5) is 20.3. The maximum absolute atomic E-state index is 5.15. The molecule has 0 amide bonds. The predicted molar refractivity (Wildman–Crippen MR) is 215 cm³/mol. The second kappa shape index (κ2) is 13.3. The molecule has 0 fully saturated rings. The summed E-state index contributed by atoms with van der Waals surface area (Å²) in [5, 5.41) is 2.26. The van der Waals surface area contributed by atoms with Crippen LogP contribution in [-0.2, 0) is 0 Å². The number of nitrogens with zero attached hydrogens (tertiary/aromatic N) is 4. The first-order chi connectivity index (χ1) is 25.6. The molecule has 0 bridgehead atoms. The summed E-state index contributed by atoms with van der Waals surface area (Å²) in [5.74, 6) is 0.951. The van der Waals surface area contributed by atoms with Gasteiger partial charge in [0.15, 0.2) is 5.82 Å². The maximum atomic E-state index is 5.15. The van der Waals surface area contributed by atoms with Gasteiger partial charge in [0.25, 0.3) is 0 Å². The zero-order chi connectivity index (χ0) is 35.0. The average Bonchev–Trinajstić information content (AvgIpc) is 3.21. The summed E-state index contributed by atoms with van der Waals surface area (Å²) in [5.41, 5.74) is 14.8. The Morgan fingerprint density at radius 2 is 1.15 bits per heavy atom. The molecule has 248 valence electrons. The summed E-state index contributed by atoms with van der Waals surface area (Å²) in [7, 11) is 0. The van der Waals surface area contributed by atoms with Crippen molar-refractivity contribution in [2.45, 2.75) is 26.2 Å². The van der Waals surface area contributed by atoms with Crippen LogP contribution in [0, 0.1) is 13.8 Å². The van der Waals surface area contributed by atoms with E-state index in [2.05, 4.69) is 159 Å². The highest BCUT2D eigenvalue weighted by molar-refractivity contribution is 6.04. The van der Waals surface area contributed by atoms with Crippen LogP contribution in [0.3, 0.4) is 0 Å². The van der Waals surface area contributed by atoms with Gasteiger partial charge in [-0.2, -0.15) is 0 Å². The Hall–Kier alpha value is -6.52. The molecule has 9 rings (SSSR count). The molecule has 0 saturated heterocycles. The monoisotopic (exact) mass is 668 g/mol. The summed E-state index contributed by atoms with van der Waals surface area (Å²) in [6.45, 7) is 4.19. The minimum atomic E-state index is 0.235. The molecule has 0 N–H and O–H groups in total. The van der Waals surface area contributed by atoms with Gasteiger partial charge in [-0.05, 0) is 72.4 Å². The van der Waals surface area contributed by atoms with Crippen LogP contribution >= 0.6 is 0 Å². The van der Waals surface area contributed by atoms with Gasteiger partial charge >= 0.3 is 0 Å². The van der Waals surface area contributed by atoms with Crippen LogP contribution in [0.1, 0.15) is 34.9 Å². The fourth-order valence-corrected chi connectivity index (χ4v) is 7.28. The van der Waals surface area contributed by atoms with Gasteiger partial charge in [-0.15, -0.1) is 0 Å². The highest BCUT2D eigenvalue weighted by atomic mass is 14.9. The number of hydrogen-bond acceptors (Lipinski definition) is 4. The van der Waals surface area contributed by atoms with Crippen LogP contribution in [0.2, 0.25) is 0 Å². The molecule has 0 saturated carbocycles. The van der Waals surface area contributed by atoms with Gasteiger partial charge in [0.2, 0.25) is 0 Å². The van der Waals surface area contributed by atoms with E-state index in [0.29, 0.717) is 5.82 Å². The number of benzene rings is 5. The average molecular weight is 669 g/mol. The largest absolute Gasteiger partial charge is 0.251 e. The lowest BCUT2D eigenvalue weighted by atomic mass is 9.88. The third kappa shape index (κ3) is 6.09. The second-order valence-electron chi connectivity index (χ2n) is 13.6. The standard InChI is InChI=1S/C48H36N4/c1-31-28-32(2)49-47-42(31)26-24-39-25-27-43(50-46(39)47)37-20-18-35(19-21-37)40-14-9-15-41(29-40)48-51-44(36-12-7-4-8-13-36)30-45(52-48)38-22-16-34(17-23-38)33-10-5-3-6-11-33/h3-18,20-30,35H,19H2,1-2H3. The summed E-state index contributed by atoms with van der Waals surface area (Å²) < 4.78 is 0. The highest BCUT2D eigenvalue weighted by Crippen LogP contribution is 2.35. The Morgan fingerprint density at radius 3 is 1.88 bits per heavy atom. The van der Waals surface area contributed by atoms with Crippen molar-refractivity contribution in [1.29, 1.82) is 0 Å². The SMILES string of the molecule is Cc1cc(C)c2ccc3ccc(C4=CCC(c5cccc(-c6nc(-c7ccccc7)cc(-c7ccc(-c8ccccc8)cc7)n6)c5)C=C4)nc3c2n1. The molecule has 1 aliphatic rings. The van der Waals surface area contributed by atoms with Gasteiger partial charge < -0.3 is 0 Å². The van der Waals surface area contributed by atoms with E-state index in [1.165, 1.54) is 22.3 Å². The first-order valence-corrected chi connectivity index (χ1v) is 17.8. The minimum Gasteiger partial charge on any atom is -0.251 e. The van der Waals surface area contributed by atoms with Gasteiger partial charge in [-0.1, -0.05) is 140 Å². The number of pyridine rings is 2. The van der Waals surface area contributed by atoms with Crippen LogP contribution in [-0.4, -0.2) is 19.9 Å². The van der Waals surface area contributed by atoms with E-state index >= 15 is 0 Å². The molecule has 4 heteroatoms. The van der Waals surface area contributed by atoms with Crippen LogP contribution in [0.15, 0.2) is 164 Å². The highest BCUT2D eigenvalue weighted by Gasteiger charge is 2.17. The molecule has 1 unspecified atom stereocenters. The van der Waals surface area contributed by atoms with E-state index < -0.39 is 0 Å². The Kier molecular flexibility index (Phi) is 8.05. The van der Waals surface area contributed by atoms with Crippen molar-refractivity contribution in [3.05, 3.63) is 186 Å². The Labute approximate surface area is 303 Å². The first kappa shape index (κ1) is 31.5. The van der Waals surface area contributed by atoms with Crippen LogP contribution in [0.4, 0.5) is 0 Å². The number of hydrogen-bond donors (Lipinski definition) is 0.